The van der Waals surface area contributed by atoms with Crippen molar-refractivity contribution in [2.45, 2.75) is 32.2 Å². The molecule has 1 rings (SSSR count). The number of nitrogens with zero attached hydrogens (tertiary/aromatic N) is 1. The average molecular weight is 162 g/mol. The topological polar surface area (TPSA) is 3.24 Å². The summed E-state index contributed by atoms with van der Waals surface area (Å²) in [7, 11) is 0. The lowest BCUT2D eigenvalue weighted by molar-refractivity contribution is 0.270. The number of halogens is 1. The van der Waals surface area contributed by atoms with E-state index in [-0.39, 0.29) is 0 Å². The molecule has 0 aromatic carbocycles. The zero-order valence-corrected chi connectivity index (χ0v) is 7.40. The molecule has 1 aliphatic rings. The first-order valence-electron chi connectivity index (χ1n) is 4.14. The average Bonchev–Trinajstić information content (AvgIpc) is 2.31. The maximum absolute atomic E-state index is 5.60. The van der Waals surface area contributed by atoms with Gasteiger partial charge in [0.1, 0.15) is 0 Å². The number of hydrogen-bond acceptors (Lipinski definition) is 1. The zero-order chi connectivity index (χ0) is 7.40. The Balaban J connectivity index is 2.14. The second-order valence-corrected chi connectivity index (χ2v) is 3.45. The molecule has 1 atom stereocenters. The molecule has 0 aromatic rings. The van der Waals surface area contributed by atoms with Crippen molar-refractivity contribution in [3.8, 4) is 0 Å². The molecule has 1 saturated heterocycles. The monoisotopic (exact) mass is 161 g/mol. The first-order valence-corrected chi connectivity index (χ1v) is 4.68. The van der Waals surface area contributed by atoms with Crippen LogP contribution < -0.4 is 0 Å². The molecule has 0 spiro atoms. The van der Waals surface area contributed by atoms with Crippen molar-refractivity contribution >= 4 is 11.6 Å². The van der Waals surface area contributed by atoms with Gasteiger partial charge in [0.05, 0.1) is 0 Å². The molecule has 0 bridgehead atoms. The molecule has 0 unspecified atom stereocenters. The highest BCUT2D eigenvalue weighted by Gasteiger charge is 2.18. The Hall–Kier alpha value is 0.250. The Bertz CT molecular complexity index is 95.3. The van der Waals surface area contributed by atoms with Crippen LogP contribution in [0.5, 0.6) is 0 Å². The predicted molar refractivity (Wildman–Crippen MR) is 45.6 cm³/mol. The van der Waals surface area contributed by atoms with Gasteiger partial charge in [-0.05, 0) is 39.3 Å². The van der Waals surface area contributed by atoms with E-state index in [0.29, 0.717) is 0 Å². The Morgan fingerprint density at radius 3 is 2.90 bits per heavy atom. The van der Waals surface area contributed by atoms with Crippen LogP contribution >= 0.6 is 11.6 Å². The van der Waals surface area contributed by atoms with Crippen molar-refractivity contribution in [1.82, 2.24) is 4.90 Å². The predicted octanol–water partition coefficient (Wildman–Crippen LogP) is 2.10. The fourth-order valence-corrected chi connectivity index (χ4v) is 1.71. The van der Waals surface area contributed by atoms with E-state index in [4.69, 9.17) is 11.6 Å². The van der Waals surface area contributed by atoms with Crippen molar-refractivity contribution in [3.05, 3.63) is 0 Å². The van der Waals surface area contributed by atoms with Crippen molar-refractivity contribution in [2.75, 3.05) is 19.0 Å². The minimum Gasteiger partial charge on any atom is -0.301 e. The van der Waals surface area contributed by atoms with Gasteiger partial charge in [0, 0.05) is 11.9 Å². The summed E-state index contributed by atoms with van der Waals surface area (Å²) in [5.41, 5.74) is 0. The van der Waals surface area contributed by atoms with Gasteiger partial charge in [-0.1, -0.05) is 0 Å². The number of alkyl halides is 1. The van der Waals surface area contributed by atoms with Crippen LogP contribution in [-0.2, 0) is 0 Å². The third-order valence-electron chi connectivity index (χ3n) is 2.27. The van der Waals surface area contributed by atoms with Gasteiger partial charge in [-0.15, -0.1) is 11.6 Å². The minimum atomic E-state index is 0.809. The van der Waals surface area contributed by atoms with E-state index in [1.54, 1.807) is 0 Å². The molecule has 1 heterocycles. The summed E-state index contributed by atoms with van der Waals surface area (Å²) in [4.78, 5) is 2.53. The van der Waals surface area contributed by atoms with Gasteiger partial charge in [0.25, 0.3) is 0 Å². The Kier molecular flexibility index (Phi) is 3.50. The second kappa shape index (κ2) is 4.20. The van der Waals surface area contributed by atoms with E-state index in [1.807, 2.05) is 0 Å². The molecule has 60 valence electrons. The standard InChI is InChI=1S/C8H16ClN/c1-8-4-2-6-10(8)7-3-5-9/h8H,2-7H2,1H3/t8-/m1/s1. The van der Waals surface area contributed by atoms with Gasteiger partial charge < -0.3 is 4.90 Å². The van der Waals surface area contributed by atoms with E-state index in [9.17, 15) is 0 Å². The SMILES string of the molecule is C[C@@H]1CCCN1CCCCl. The largest absolute Gasteiger partial charge is 0.301 e. The summed E-state index contributed by atoms with van der Waals surface area (Å²) in [5, 5.41) is 0. The van der Waals surface area contributed by atoms with Crippen LogP contribution in [-0.4, -0.2) is 29.9 Å². The highest BCUT2D eigenvalue weighted by atomic mass is 35.5. The first kappa shape index (κ1) is 8.35. The first-order chi connectivity index (χ1) is 4.84. The maximum Gasteiger partial charge on any atom is 0.0235 e. The summed E-state index contributed by atoms with van der Waals surface area (Å²) in [6, 6.07) is 0.809. The Morgan fingerprint density at radius 2 is 2.40 bits per heavy atom. The molecule has 1 nitrogen and oxygen atoms in total. The van der Waals surface area contributed by atoms with E-state index in [0.717, 1.165) is 18.3 Å². The van der Waals surface area contributed by atoms with E-state index < -0.39 is 0 Å². The molecule has 2 heteroatoms. The Labute approximate surface area is 68.4 Å². The minimum absolute atomic E-state index is 0.809. The molecule has 0 saturated carbocycles. The number of hydrogen-bond donors (Lipinski definition) is 0. The molecular formula is C8H16ClN. The van der Waals surface area contributed by atoms with Crippen LogP contribution in [0, 0.1) is 0 Å². The lowest BCUT2D eigenvalue weighted by Gasteiger charge is -2.19. The maximum atomic E-state index is 5.60. The van der Waals surface area contributed by atoms with Gasteiger partial charge >= 0.3 is 0 Å². The normalized spacial score (nSPS) is 27.6. The van der Waals surface area contributed by atoms with Crippen LogP contribution in [0.25, 0.3) is 0 Å². The molecule has 0 amide bonds. The van der Waals surface area contributed by atoms with Crippen LogP contribution in [0.1, 0.15) is 26.2 Å². The lowest BCUT2D eigenvalue weighted by atomic mass is 10.2. The van der Waals surface area contributed by atoms with Crippen molar-refractivity contribution < 1.29 is 0 Å². The summed E-state index contributed by atoms with van der Waals surface area (Å²) < 4.78 is 0. The van der Waals surface area contributed by atoms with Crippen LogP contribution in [0.3, 0.4) is 0 Å². The molecule has 1 aliphatic heterocycles. The molecule has 0 aliphatic carbocycles. The molecule has 0 N–H and O–H groups in total. The zero-order valence-electron chi connectivity index (χ0n) is 6.65. The Morgan fingerprint density at radius 1 is 1.60 bits per heavy atom. The van der Waals surface area contributed by atoms with Gasteiger partial charge in [0.2, 0.25) is 0 Å². The fraction of sp³-hybridized carbons (Fsp3) is 1.00. The van der Waals surface area contributed by atoms with Crippen molar-refractivity contribution in [1.29, 1.82) is 0 Å². The fourth-order valence-electron chi connectivity index (χ4n) is 1.59. The van der Waals surface area contributed by atoms with Gasteiger partial charge in [-0.25, -0.2) is 0 Å². The molecule has 0 radical (unpaired) electrons. The van der Waals surface area contributed by atoms with Crippen LogP contribution in [0.4, 0.5) is 0 Å². The van der Waals surface area contributed by atoms with Crippen LogP contribution in [0.15, 0.2) is 0 Å². The highest BCUT2D eigenvalue weighted by molar-refractivity contribution is 6.17. The van der Waals surface area contributed by atoms with E-state index in [2.05, 4.69) is 11.8 Å². The third-order valence-corrected chi connectivity index (χ3v) is 2.54. The molecule has 10 heavy (non-hydrogen) atoms. The van der Waals surface area contributed by atoms with E-state index in [1.165, 1.54) is 25.9 Å². The van der Waals surface area contributed by atoms with Crippen molar-refractivity contribution in [2.24, 2.45) is 0 Å². The summed E-state index contributed by atoms with van der Waals surface area (Å²) in [6.07, 6.45) is 3.90. The number of rotatable bonds is 3. The lowest BCUT2D eigenvalue weighted by Crippen LogP contribution is -2.27. The molecule has 0 aromatic heterocycles. The highest BCUT2D eigenvalue weighted by Crippen LogP contribution is 2.15. The summed E-state index contributed by atoms with van der Waals surface area (Å²) in [5.74, 6) is 0.809. The van der Waals surface area contributed by atoms with Gasteiger partial charge in [-0.3, -0.25) is 0 Å². The van der Waals surface area contributed by atoms with Gasteiger partial charge in [-0.2, -0.15) is 0 Å². The third kappa shape index (κ3) is 2.14. The summed E-state index contributed by atoms with van der Waals surface area (Å²) in [6.45, 7) is 4.80. The quantitative estimate of drug-likeness (QED) is 0.574. The van der Waals surface area contributed by atoms with Gasteiger partial charge in [0.15, 0.2) is 0 Å². The van der Waals surface area contributed by atoms with Crippen molar-refractivity contribution in [3.63, 3.8) is 0 Å². The smallest absolute Gasteiger partial charge is 0.0235 e. The summed E-state index contributed by atoms with van der Waals surface area (Å²) >= 11 is 5.60. The second-order valence-electron chi connectivity index (χ2n) is 3.07. The molecule has 1 fully saturated rings. The molecular weight excluding hydrogens is 146 g/mol. The van der Waals surface area contributed by atoms with E-state index >= 15 is 0 Å². The van der Waals surface area contributed by atoms with Crippen LogP contribution in [0.2, 0.25) is 0 Å². The number of likely N-dealkylation sites (tertiary alicyclic amines) is 1.